The smallest absolute Gasteiger partial charge is 0.265 e. The molecule has 0 fully saturated rings. The minimum absolute atomic E-state index is 0.0718. The summed E-state index contributed by atoms with van der Waals surface area (Å²) in [7, 11) is -2.62. The lowest BCUT2D eigenvalue weighted by Gasteiger charge is -2.12. The van der Waals surface area contributed by atoms with E-state index in [1.54, 1.807) is 13.0 Å². The fourth-order valence-electron chi connectivity index (χ4n) is 1.76. The SMILES string of the molecule is COc1ccc(C)cc1S(=O)(=O)Nc1ccc(F)c(F)c1. The number of methoxy groups -OCH3 is 1. The highest BCUT2D eigenvalue weighted by atomic mass is 32.2. The van der Waals surface area contributed by atoms with Crippen LogP contribution in [-0.4, -0.2) is 15.5 Å². The van der Waals surface area contributed by atoms with Gasteiger partial charge in [0.2, 0.25) is 0 Å². The second-order valence-corrected chi connectivity index (χ2v) is 6.04. The number of hydrogen-bond donors (Lipinski definition) is 1. The lowest BCUT2D eigenvalue weighted by Crippen LogP contribution is -2.14. The Bertz CT molecular complexity index is 776. The molecule has 0 aliphatic carbocycles. The van der Waals surface area contributed by atoms with E-state index in [9.17, 15) is 17.2 Å². The third-order valence-corrected chi connectivity index (χ3v) is 4.18. The molecule has 0 aliphatic heterocycles. The Hall–Kier alpha value is -2.15. The number of halogens is 2. The number of nitrogens with one attached hydrogen (secondary N) is 1. The molecule has 7 heteroatoms. The Morgan fingerprint density at radius 2 is 1.76 bits per heavy atom. The molecule has 0 heterocycles. The van der Waals surface area contributed by atoms with Crippen molar-refractivity contribution in [2.75, 3.05) is 11.8 Å². The Morgan fingerprint density at radius 3 is 2.38 bits per heavy atom. The van der Waals surface area contributed by atoms with Crippen LogP contribution < -0.4 is 9.46 Å². The Morgan fingerprint density at radius 1 is 1.05 bits per heavy atom. The molecule has 0 amide bonds. The van der Waals surface area contributed by atoms with Gasteiger partial charge in [0, 0.05) is 6.07 Å². The number of benzene rings is 2. The lowest BCUT2D eigenvalue weighted by molar-refractivity contribution is 0.402. The van der Waals surface area contributed by atoms with Crippen LogP contribution in [0, 0.1) is 18.6 Å². The number of aryl methyl sites for hydroxylation is 1. The quantitative estimate of drug-likeness (QED) is 0.944. The first-order valence-corrected chi connectivity index (χ1v) is 7.44. The van der Waals surface area contributed by atoms with Crippen LogP contribution in [0.3, 0.4) is 0 Å². The first kappa shape index (κ1) is 15.2. The van der Waals surface area contributed by atoms with E-state index in [1.165, 1.54) is 19.2 Å². The van der Waals surface area contributed by atoms with Gasteiger partial charge in [0.05, 0.1) is 12.8 Å². The van der Waals surface area contributed by atoms with E-state index >= 15 is 0 Å². The highest BCUT2D eigenvalue weighted by Gasteiger charge is 2.20. The summed E-state index contributed by atoms with van der Waals surface area (Å²) in [5.74, 6) is -2.02. The molecule has 0 radical (unpaired) electrons. The molecule has 112 valence electrons. The van der Waals surface area contributed by atoms with Gasteiger partial charge >= 0.3 is 0 Å². The van der Waals surface area contributed by atoms with Crippen LogP contribution in [0.4, 0.5) is 14.5 Å². The highest BCUT2D eigenvalue weighted by Crippen LogP contribution is 2.27. The summed E-state index contributed by atoms with van der Waals surface area (Å²) in [6.45, 7) is 1.73. The molecule has 21 heavy (non-hydrogen) atoms. The van der Waals surface area contributed by atoms with Gasteiger partial charge < -0.3 is 4.74 Å². The molecule has 2 aromatic carbocycles. The normalized spacial score (nSPS) is 11.2. The van der Waals surface area contributed by atoms with Crippen molar-refractivity contribution in [3.05, 3.63) is 53.6 Å². The number of rotatable bonds is 4. The van der Waals surface area contributed by atoms with Crippen LogP contribution in [0.2, 0.25) is 0 Å². The molecular weight excluding hydrogens is 300 g/mol. The van der Waals surface area contributed by atoms with Crippen LogP contribution >= 0.6 is 0 Å². The van der Waals surface area contributed by atoms with Gasteiger partial charge in [-0.2, -0.15) is 0 Å². The van der Waals surface area contributed by atoms with Gasteiger partial charge in [-0.3, -0.25) is 4.72 Å². The summed E-state index contributed by atoms with van der Waals surface area (Å²) in [6, 6.07) is 7.42. The van der Waals surface area contributed by atoms with Crippen LogP contribution in [0.1, 0.15) is 5.56 Å². The minimum atomic E-state index is -3.97. The van der Waals surface area contributed by atoms with Crippen LogP contribution in [-0.2, 0) is 10.0 Å². The number of sulfonamides is 1. The summed E-state index contributed by atoms with van der Waals surface area (Å²) in [5.41, 5.74) is 0.652. The van der Waals surface area contributed by atoms with Gasteiger partial charge in [-0.1, -0.05) is 6.07 Å². The van der Waals surface area contributed by atoms with Crippen molar-refractivity contribution in [3.63, 3.8) is 0 Å². The maximum absolute atomic E-state index is 13.1. The van der Waals surface area contributed by atoms with Gasteiger partial charge in [-0.15, -0.1) is 0 Å². The number of hydrogen-bond acceptors (Lipinski definition) is 3. The standard InChI is InChI=1S/C14H13F2NO3S/c1-9-3-6-13(20-2)14(7-9)21(18,19)17-10-4-5-11(15)12(16)8-10/h3-8,17H,1-2H3. The fraction of sp³-hybridized carbons (Fsp3) is 0.143. The molecule has 4 nitrogen and oxygen atoms in total. The molecule has 2 aromatic rings. The Balaban J connectivity index is 2.42. The zero-order valence-corrected chi connectivity index (χ0v) is 12.2. The van der Waals surface area contributed by atoms with Crippen molar-refractivity contribution < 1.29 is 21.9 Å². The van der Waals surface area contributed by atoms with Gasteiger partial charge in [0.15, 0.2) is 11.6 Å². The topological polar surface area (TPSA) is 55.4 Å². The molecule has 0 aromatic heterocycles. The predicted molar refractivity (Wildman–Crippen MR) is 74.9 cm³/mol. The highest BCUT2D eigenvalue weighted by molar-refractivity contribution is 7.92. The maximum atomic E-state index is 13.1. The Labute approximate surface area is 121 Å². The molecule has 0 atom stereocenters. The van der Waals surface area contributed by atoms with Crippen molar-refractivity contribution in [1.82, 2.24) is 0 Å². The van der Waals surface area contributed by atoms with Crippen LogP contribution in [0.15, 0.2) is 41.3 Å². The monoisotopic (exact) mass is 313 g/mol. The average Bonchev–Trinajstić information content (AvgIpc) is 2.42. The van der Waals surface area contributed by atoms with E-state index in [-0.39, 0.29) is 16.3 Å². The third kappa shape index (κ3) is 3.30. The summed E-state index contributed by atoms with van der Waals surface area (Å²) in [6.07, 6.45) is 0. The summed E-state index contributed by atoms with van der Waals surface area (Å²) in [5, 5.41) is 0. The molecule has 1 N–H and O–H groups in total. The van der Waals surface area contributed by atoms with Crippen molar-refractivity contribution in [1.29, 1.82) is 0 Å². The van der Waals surface area contributed by atoms with Crippen molar-refractivity contribution >= 4 is 15.7 Å². The molecular formula is C14H13F2NO3S. The number of ether oxygens (including phenoxy) is 1. The zero-order chi connectivity index (χ0) is 15.6. The van der Waals surface area contributed by atoms with Crippen LogP contribution in [0.5, 0.6) is 5.75 Å². The van der Waals surface area contributed by atoms with Crippen molar-refractivity contribution in [2.24, 2.45) is 0 Å². The second-order valence-electron chi connectivity index (χ2n) is 4.39. The molecule has 2 rings (SSSR count). The third-order valence-electron chi connectivity index (χ3n) is 2.78. The zero-order valence-electron chi connectivity index (χ0n) is 11.4. The summed E-state index contributed by atoms with van der Waals surface area (Å²) in [4.78, 5) is -0.0743. The van der Waals surface area contributed by atoms with E-state index in [2.05, 4.69) is 4.72 Å². The number of anilines is 1. The first-order chi connectivity index (χ1) is 9.83. The second kappa shape index (κ2) is 5.69. The molecule has 0 aliphatic rings. The molecule has 0 bridgehead atoms. The van der Waals surface area contributed by atoms with Gasteiger partial charge in [-0.25, -0.2) is 17.2 Å². The summed E-state index contributed by atoms with van der Waals surface area (Å²) < 4.78 is 57.8. The average molecular weight is 313 g/mol. The first-order valence-electron chi connectivity index (χ1n) is 5.96. The van der Waals surface area contributed by atoms with Gasteiger partial charge in [-0.05, 0) is 36.8 Å². The van der Waals surface area contributed by atoms with Crippen molar-refractivity contribution in [2.45, 2.75) is 11.8 Å². The van der Waals surface area contributed by atoms with E-state index in [4.69, 9.17) is 4.74 Å². The van der Waals surface area contributed by atoms with Gasteiger partial charge in [0.1, 0.15) is 10.6 Å². The van der Waals surface area contributed by atoms with E-state index < -0.39 is 21.7 Å². The Kier molecular flexibility index (Phi) is 4.13. The van der Waals surface area contributed by atoms with E-state index in [0.29, 0.717) is 0 Å². The van der Waals surface area contributed by atoms with E-state index in [0.717, 1.165) is 23.8 Å². The largest absolute Gasteiger partial charge is 0.495 e. The molecule has 0 saturated heterocycles. The minimum Gasteiger partial charge on any atom is -0.495 e. The van der Waals surface area contributed by atoms with Crippen LogP contribution in [0.25, 0.3) is 0 Å². The lowest BCUT2D eigenvalue weighted by atomic mass is 10.2. The molecule has 0 unspecified atom stereocenters. The molecule has 0 saturated carbocycles. The van der Waals surface area contributed by atoms with Crippen molar-refractivity contribution in [3.8, 4) is 5.75 Å². The predicted octanol–water partition coefficient (Wildman–Crippen LogP) is 3.08. The maximum Gasteiger partial charge on any atom is 0.265 e. The van der Waals surface area contributed by atoms with Gasteiger partial charge in [0.25, 0.3) is 10.0 Å². The fourth-order valence-corrected chi connectivity index (χ4v) is 3.07. The van der Waals surface area contributed by atoms with E-state index in [1.807, 2.05) is 0 Å². The summed E-state index contributed by atoms with van der Waals surface area (Å²) >= 11 is 0. The molecule has 0 spiro atoms.